The molecule has 126 valence electrons. The summed E-state index contributed by atoms with van der Waals surface area (Å²) >= 11 is 0. The largest absolute Gasteiger partial charge is 0.444 e. The molecule has 6 heteroatoms. The molecule has 1 atom stereocenters. The van der Waals surface area contributed by atoms with Crippen molar-refractivity contribution in [2.24, 2.45) is 0 Å². The van der Waals surface area contributed by atoms with Crippen molar-refractivity contribution in [3.8, 4) is 0 Å². The van der Waals surface area contributed by atoms with Gasteiger partial charge >= 0.3 is 6.09 Å². The molecule has 1 amide bonds. The average molecular weight is 322 g/mol. The molecule has 23 heavy (non-hydrogen) atoms. The molecule has 1 aromatic carbocycles. The van der Waals surface area contributed by atoms with Crippen LogP contribution < -0.4 is 10.2 Å². The fourth-order valence-corrected chi connectivity index (χ4v) is 2.70. The molecular formula is C17H23FN2O3. The van der Waals surface area contributed by atoms with Gasteiger partial charge in [0.25, 0.3) is 0 Å². The maximum atomic E-state index is 13.9. The standard InChI is InChI=1S/C17H23FN2O3/c1-11(21)15-13(18)6-5-7-14(15)20-9-8-12(10-20)19-16(22)23-17(2,3)4/h5-7,12H,8-10H2,1-4H3,(H,19,22). The molecule has 1 aliphatic heterocycles. The van der Waals surface area contributed by atoms with Crippen LogP contribution in [0.3, 0.4) is 0 Å². The lowest BCUT2D eigenvalue weighted by molar-refractivity contribution is 0.0508. The number of hydrogen-bond acceptors (Lipinski definition) is 4. The number of ketones is 1. The molecule has 0 spiro atoms. The van der Waals surface area contributed by atoms with E-state index in [0.29, 0.717) is 25.2 Å². The van der Waals surface area contributed by atoms with Gasteiger partial charge in [0, 0.05) is 13.1 Å². The Kier molecular flexibility index (Phi) is 4.92. The zero-order valence-corrected chi connectivity index (χ0v) is 14.0. The van der Waals surface area contributed by atoms with E-state index in [9.17, 15) is 14.0 Å². The third-order valence-electron chi connectivity index (χ3n) is 3.59. The molecule has 5 nitrogen and oxygen atoms in total. The Bertz CT molecular complexity index is 610. The van der Waals surface area contributed by atoms with E-state index in [1.165, 1.54) is 13.0 Å². The molecule has 1 aliphatic rings. The smallest absolute Gasteiger partial charge is 0.407 e. The minimum atomic E-state index is -0.549. The van der Waals surface area contributed by atoms with Gasteiger partial charge in [-0.15, -0.1) is 0 Å². The number of rotatable bonds is 3. The van der Waals surface area contributed by atoms with Gasteiger partial charge in [0.1, 0.15) is 11.4 Å². The predicted octanol–water partition coefficient (Wildman–Crippen LogP) is 3.13. The van der Waals surface area contributed by atoms with Crippen LogP contribution in [0.5, 0.6) is 0 Å². The van der Waals surface area contributed by atoms with E-state index in [0.717, 1.165) is 0 Å². The van der Waals surface area contributed by atoms with Gasteiger partial charge in [-0.25, -0.2) is 9.18 Å². The zero-order valence-electron chi connectivity index (χ0n) is 14.0. The van der Waals surface area contributed by atoms with Crippen LogP contribution in [-0.4, -0.2) is 36.6 Å². The summed E-state index contributed by atoms with van der Waals surface area (Å²) in [6.07, 6.45) is 0.253. The van der Waals surface area contributed by atoms with Crippen LogP contribution in [0.4, 0.5) is 14.9 Å². The van der Waals surface area contributed by atoms with Gasteiger partial charge in [-0.2, -0.15) is 0 Å². The summed E-state index contributed by atoms with van der Waals surface area (Å²) < 4.78 is 19.1. The van der Waals surface area contributed by atoms with Crippen LogP contribution in [0.25, 0.3) is 0 Å². The van der Waals surface area contributed by atoms with Crippen molar-refractivity contribution in [3.63, 3.8) is 0 Å². The first kappa shape index (κ1) is 17.2. The minimum Gasteiger partial charge on any atom is -0.444 e. The molecule has 2 rings (SSSR count). The summed E-state index contributed by atoms with van der Waals surface area (Å²) in [5.41, 5.74) is 0.128. The van der Waals surface area contributed by atoms with Gasteiger partial charge in [0.2, 0.25) is 0 Å². The Morgan fingerprint density at radius 1 is 1.35 bits per heavy atom. The van der Waals surface area contributed by atoms with Crippen molar-refractivity contribution < 1.29 is 18.7 Å². The number of carbonyl (C=O) groups excluding carboxylic acids is 2. The second kappa shape index (κ2) is 6.56. The SMILES string of the molecule is CC(=O)c1c(F)cccc1N1CCC(NC(=O)OC(C)(C)C)C1. The molecule has 1 saturated heterocycles. The first-order valence-electron chi connectivity index (χ1n) is 7.71. The van der Waals surface area contributed by atoms with E-state index in [1.54, 1.807) is 32.9 Å². The molecule has 1 unspecified atom stereocenters. The highest BCUT2D eigenvalue weighted by atomic mass is 19.1. The van der Waals surface area contributed by atoms with E-state index in [-0.39, 0.29) is 17.4 Å². The zero-order chi connectivity index (χ0) is 17.2. The third-order valence-corrected chi connectivity index (χ3v) is 3.59. The van der Waals surface area contributed by atoms with E-state index in [1.807, 2.05) is 4.90 Å². The molecule has 1 heterocycles. The van der Waals surface area contributed by atoms with Crippen LogP contribution in [-0.2, 0) is 4.74 Å². The third kappa shape index (κ3) is 4.43. The summed E-state index contributed by atoms with van der Waals surface area (Å²) in [7, 11) is 0. The average Bonchev–Trinajstić information content (AvgIpc) is 2.83. The number of hydrogen-bond donors (Lipinski definition) is 1. The number of anilines is 1. The van der Waals surface area contributed by atoms with Gasteiger partial charge < -0.3 is 15.0 Å². The minimum absolute atomic E-state index is 0.0899. The van der Waals surface area contributed by atoms with E-state index in [2.05, 4.69) is 5.32 Å². The van der Waals surface area contributed by atoms with Gasteiger partial charge in [-0.3, -0.25) is 4.79 Å². The highest BCUT2D eigenvalue weighted by molar-refractivity contribution is 6.00. The first-order chi connectivity index (χ1) is 10.7. The number of nitrogens with zero attached hydrogens (tertiary/aromatic N) is 1. The second-order valence-electron chi connectivity index (χ2n) is 6.77. The molecule has 0 aliphatic carbocycles. The number of Topliss-reactive ketones (excluding diaryl/α,β-unsaturated/α-hetero) is 1. The molecule has 0 saturated carbocycles. The number of nitrogens with one attached hydrogen (secondary N) is 1. The van der Waals surface area contributed by atoms with Crippen molar-refractivity contribution >= 4 is 17.6 Å². The summed E-state index contributed by atoms with van der Waals surface area (Å²) in [6.45, 7) is 7.93. The Morgan fingerprint density at radius 3 is 2.65 bits per heavy atom. The monoisotopic (exact) mass is 322 g/mol. The fourth-order valence-electron chi connectivity index (χ4n) is 2.70. The number of benzene rings is 1. The van der Waals surface area contributed by atoms with Crippen LogP contribution in [0.2, 0.25) is 0 Å². The summed E-state index contributed by atoms with van der Waals surface area (Å²) in [5.74, 6) is -0.819. The van der Waals surface area contributed by atoms with E-state index < -0.39 is 17.5 Å². The predicted molar refractivity (Wildman–Crippen MR) is 86.4 cm³/mol. The van der Waals surface area contributed by atoms with Gasteiger partial charge in [-0.1, -0.05) is 6.07 Å². The summed E-state index contributed by atoms with van der Waals surface area (Å²) in [6, 6.07) is 4.52. The Labute approximate surface area is 135 Å². The van der Waals surface area contributed by atoms with Gasteiger partial charge in [-0.05, 0) is 46.2 Å². The van der Waals surface area contributed by atoms with Gasteiger partial charge in [0.15, 0.2) is 5.78 Å². The summed E-state index contributed by atoms with van der Waals surface area (Å²) in [4.78, 5) is 25.4. The van der Waals surface area contributed by atoms with Crippen molar-refractivity contribution in [3.05, 3.63) is 29.6 Å². The Hall–Kier alpha value is -2.11. The lowest BCUT2D eigenvalue weighted by atomic mass is 10.1. The summed E-state index contributed by atoms with van der Waals surface area (Å²) in [5, 5.41) is 2.82. The molecule has 0 radical (unpaired) electrons. The Balaban J connectivity index is 2.05. The number of amides is 1. The molecule has 1 fully saturated rings. The van der Waals surface area contributed by atoms with Crippen molar-refractivity contribution in [2.45, 2.75) is 45.8 Å². The van der Waals surface area contributed by atoms with Gasteiger partial charge in [0.05, 0.1) is 17.3 Å². The number of halogens is 1. The normalized spacial score (nSPS) is 18.0. The van der Waals surface area contributed by atoms with Crippen molar-refractivity contribution in [2.75, 3.05) is 18.0 Å². The highest BCUT2D eigenvalue weighted by Crippen LogP contribution is 2.27. The number of alkyl carbamates (subject to hydrolysis) is 1. The topological polar surface area (TPSA) is 58.6 Å². The van der Waals surface area contributed by atoms with Crippen molar-refractivity contribution in [1.82, 2.24) is 5.32 Å². The van der Waals surface area contributed by atoms with Crippen LogP contribution in [0.15, 0.2) is 18.2 Å². The molecule has 1 N–H and O–H groups in total. The fraction of sp³-hybridized carbons (Fsp3) is 0.529. The maximum Gasteiger partial charge on any atom is 0.407 e. The first-order valence-corrected chi connectivity index (χ1v) is 7.71. The number of ether oxygens (including phenoxy) is 1. The Morgan fingerprint density at radius 2 is 2.04 bits per heavy atom. The second-order valence-corrected chi connectivity index (χ2v) is 6.77. The van der Waals surface area contributed by atoms with Crippen molar-refractivity contribution in [1.29, 1.82) is 0 Å². The van der Waals surface area contributed by atoms with Crippen LogP contribution >= 0.6 is 0 Å². The molecule has 0 bridgehead atoms. The lowest BCUT2D eigenvalue weighted by Gasteiger charge is -2.23. The maximum absolute atomic E-state index is 13.9. The van der Waals surface area contributed by atoms with E-state index in [4.69, 9.17) is 4.74 Å². The molecule has 1 aromatic rings. The quantitative estimate of drug-likeness (QED) is 0.869. The van der Waals surface area contributed by atoms with Crippen LogP contribution in [0, 0.1) is 5.82 Å². The molecule has 0 aromatic heterocycles. The molecular weight excluding hydrogens is 299 g/mol. The lowest BCUT2D eigenvalue weighted by Crippen LogP contribution is -2.40. The van der Waals surface area contributed by atoms with Crippen LogP contribution in [0.1, 0.15) is 44.5 Å². The number of carbonyl (C=O) groups is 2. The van der Waals surface area contributed by atoms with E-state index >= 15 is 0 Å². The highest BCUT2D eigenvalue weighted by Gasteiger charge is 2.28.